The molecule has 0 aromatic heterocycles. The molecule has 0 aliphatic heterocycles. The minimum atomic E-state index is 0.410. The molecule has 0 saturated heterocycles. The average Bonchev–Trinajstić information content (AvgIpc) is 2.99. The molecule has 0 bridgehead atoms. The predicted octanol–water partition coefficient (Wildman–Crippen LogP) is 2.24. The normalized spacial score (nSPS) is 23.4. The predicted molar refractivity (Wildman–Crippen MR) is 64.8 cm³/mol. The average molecular weight is 210 g/mol. The van der Waals surface area contributed by atoms with E-state index in [1.165, 1.54) is 51.6 Å². The van der Waals surface area contributed by atoms with E-state index in [0.29, 0.717) is 6.04 Å². The van der Waals surface area contributed by atoms with E-state index in [1.807, 2.05) is 0 Å². The largest absolute Gasteiger partial charge is 0.327 e. The molecule has 2 saturated carbocycles. The van der Waals surface area contributed by atoms with Crippen molar-refractivity contribution in [3.8, 4) is 0 Å². The molecule has 15 heavy (non-hydrogen) atoms. The molecule has 2 aliphatic rings. The Bertz CT molecular complexity index is 171. The molecule has 0 amide bonds. The number of nitrogens with zero attached hydrogens (tertiary/aromatic N) is 1. The minimum Gasteiger partial charge on any atom is -0.327 e. The second-order valence-electron chi connectivity index (χ2n) is 5.65. The summed E-state index contributed by atoms with van der Waals surface area (Å²) in [5.74, 6) is 2.02. The maximum atomic E-state index is 6.14. The van der Waals surface area contributed by atoms with Gasteiger partial charge in [0.1, 0.15) is 0 Å². The van der Waals surface area contributed by atoms with Crippen LogP contribution in [0.15, 0.2) is 0 Å². The number of rotatable bonds is 8. The fourth-order valence-electron chi connectivity index (χ4n) is 2.35. The fraction of sp³-hybridized carbons (Fsp3) is 1.00. The third kappa shape index (κ3) is 4.52. The number of hydrogen-bond acceptors (Lipinski definition) is 2. The van der Waals surface area contributed by atoms with E-state index in [4.69, 9.17) is 5.73 Å². The van der Waals surface area contributed by atoms with Gasteiger partial charge in [0, 0.05) is 25.7 Å². The molecule has 2 nitrogen and oxygen atoms in total. The topological polar surface area (TPSA) is 29.3 Å². The summed E-state index contributed by atoms with van der Waals surface area (Å²) in [7, 11) is 0. The molecule has 0 radical (unpaired) electrons. The van der Waals surface area contributed by atoms with Crippen LogP contribution in [0.5, 0.6) is 0 Å². The third-order valence-corrected chi connectivity index (χ3v) is 3.58. The van der Waals surface area contributed by atoms with Crippen molar-refractivity contribution in [2.75, 3.05) is 19.6 Å². The molecule has 1 unspecified atom stereocenters. The Morgan fingerprint density at radius 2 is 1.67 bits per heavy atom. The Balaban J connectivity index is 1.69. The zero-order valence-electron chi connectivity index (χ0n) is 10.1. The first kappa shape index (κ1) is 11.4. The Morgan fingerprint density at radius 1 is 1.13 bits per heavy atom. The van der Waals surface area contributed by atoms with Crippen molar-refractivity contribution in [2.24, 2.45) is 17.6 Å². The lowest BCUT2D eigenvalue weighted by Crippen LogP contribution is -2.39. The summed E-state index contributed by atoms with van der Waals surface area (Å²) in [4.78, 5) is 2.65. The molecular formula is C13H26N2. The van der Waals surface area contributed by atoms with E-state index in [-0.39, 0.29) is 0 Å². The smallest absolute Gasteiger partial charge is 0.0167 e. The van der Waals surface area contributed by atoms with Gasteiger partial charge >= 0.3 is 0 Å². The van der Waals surface area contributed by atoms with Gasteiger partial charge in [0.15, 0.2) is 0 Å². The van der Waals surface area contributed by atoms with Crippen molar-refractivity contribution >= 4 is 0 Å². The van der Waals surface area contributed by atoms with Gasteiger partial charge in [0.2, 0.25) is 0 Å². The Labute approximate surface area is 94.2 Å². The second-order valence-corrected chi connectivity index (χ2v) is 5.65. The van der Waals surface area contributed by atoms with Gasteiger partial charge in [-0.3, -0.25) is 0 Å². The van der Waals surface area contributed by atoms with Crippen molar-refractivity contribution < 1.29 is 0 Å². The second kappa shape index (κ2) is 5.31. The maximum Gasteiger partial charge on any atom is 0.0167 e. The van der Waals surface area contributed by atoms with Crippen molar-refractivity contribution in [2.45, 2.75) is 51.5 Å². The van der Waals surface area contributed by atoms with Gasteiger partial charge in [-0.2, -0.15) is 0 Å². The van der Waals surface area contributed by atoms with E-state index >= 15 is 0 Å². The van der Waals surface area contributed by atoms with Gasteiger partial charge in [0.05, 0.1) is 0 Å². The van der Waals surface area contributed by atoms with Crippen LogP contribution in [0, 0.1) is 11.8 Å². The molecule has 2 aliphatic carbocycles. The van der Waals surface area contributed by atoms with Crippen molar-refractivity contribution in [1.29, 1.82) is 0 Å². The summed E-state index contributed by atoms with van der Waals surface area (Å²) in [6.07, 6.45) is 8.26. The first-order valence-electron chi connectivity index (χ1n) is 6.76. The standard InChI is InChI=1S/C13H26N2/c1-2-3-13(14)10-15(8-11-4-5-11)9-12-6-7-12/h11-13H,2-10,14H2,1H3. The lowest BCUT2D eigenvalue weighted by Gasteiger charge is -2.25. The molecule has 2 N–H and O–H groups in total. The first-order chi connectivity index (χ1) is 7.28. The highest BCUT2D eigenvalue weighted by Crippen LogP contribution is 2.33. The van der Waals surface area contributed by atoms with Crippen LogP contribution in [-0.4, -0.2) is 30.6 Å². The van der Waals surface area contributed by atoms with Crippen LogP contribution in [0.1, 0.15) is 45.4 Å². The molecule has 0 aromatic rings. The van der Waals surface area contributed by atoms with Gasteiger partial charge in [-0.1, -0.05) is 13.3 Å². The third-order valence-electron chi connectivity index (χ3n) is 3.58. The van der Waals surface area contributed by atoms with Gasteiger partial charge in [-0.25, -0.2) is 0 Å². The molecule has 0 aromatic carbocycles. The SMILES string of the molecule is CCCC(N)CN(CC1CC1)CC1CC1. The highest BCUT2D eigenvalue weighted by Gasteiger charge is 2.29. The van der Waals surface area contributed by atoms with Crippen LogP contribution in [0.4, 0.5) is 0 Å². The maximum absolute atomic E-state index is 6.14. The van der Waals surface area contributed by atoms with E-state index in [1.54, 1.807) is 0 Å². The van der Waals surface area contributed by atoms with Crippen LogP contribution in [0.3, 0.4) is 0 Å². The van der Waals surface area contributed by atoms with Gasteiger partial charge in [0.25, 0.3) is 0 Å². The summed E-state index contributed by atoms with van der Waals surface area (Å²) in [6.45, 7) is 6.02. The van der Waals surface area contributed by atoms with Crippen LogP contribution in [0.2, 0.25) is 0 Å². The van der Waals surface area contributed by atoms with E-state index < -0.39 is 0 Å². The highest BCUT2D eigenvalue weighted by molar-refractivity contribution is 4.83. The van der Waals surface area contributed by atoms with Crippen LogP contribution >= 0.6 is 0 Å². The lowest BCUT2D eigenvalue weighted by molar-refractivity contribution is 0.233. The summed E-state index contributed by atoms with van der Waals surface area (Å²) < 4.78 is 0. The molecule has 2 fully saturated rings. The van der Waals surface area contributed by atoms with Gasteiger partial charge < -0.3 is 10.6 Å². The van der Waals surface area contributed by atoms with Crippen molar-refractivity contribution in [1.82, 2.24) is 4.90 Å². The quantitative estimate of drug-likeness (QED) is 0.666. The van der Waals surface area contributed by atoms with Crippen LogP contribution in [0.25, 0.3) is 0 Å². The zero-order chi connectivity index (χ0) is 10.7. The first-order valence-corrected chi connectivity index (χ1v) is 6.76. The summed E-state index contributed by atoms with van der Waals surface area (Å²) >= 11 is 0. The molecule has 1 atom stereocenters. The van der Waals surface area contributed by atoms with Crippen LogP contribution < -0.4 is 5.73 Å². The Morgan fingerprint density at radius 3 is 2.07 bits per heavy atom. The van der Waals surface area contributed by atoms with E-state index in [2.05, 4.69) is 11.8 Å². The number of hydrogen-bond donors (Lipinski definition) is 1. The fourth-order valence-corrected chi connectivity index (χ4v) is 2.35. The Kier molecular flexibility index (Phi) is 4.04. The Hall–Kier alpha value is -0.0800. The molecular weight excluding hydrogens is 184 g/mol. The highest BCUT2D eigenvalue weighted by atomic mass is 15.1. The number of nitrogens with two attached hydrogens (primary N) is 1. The summed E-state index contributed by atoms with van der Waals surface area (Å²) in [5, 5.41) is 0. The molecule has 0 heterocycles. The minimum absolute atomic E-state index is 0.410. The molecule has 2 heteroatoms. The summed E-state index contributed by atoms with van der Waals surface area (Å²) in [5.41, 5.74) is 6.14. The molecule has 88 valence electrons. The lowest BCUT2D eigenvalue weighted by atomic mass is 10.1. The monoisotopic (exact) mass is 210 g/mol. The van der Waals surface area contributed by atoms with E-state index in [0.717, 1.165) is 18.4 Å². The molecule has 0 spiro atoms. The van der Waals surface area contributed by atoms with Gasteiger partial charge in [-0.05, 0) is 43.9 Å². The zero-order valence-corrected chi connectivity index (χ0v) is 10.1. The van der Waals surface area contributed by atoms with Crippen molar-refractivity contribution in [3.05, 3.63) is 0 Å². The molecule has 2 rings (SSSR count). The van der Waals surface area contributed by atoms with Crippen molar-refractivity contribution in [3.63, 3.8) is 0 Å². The van der Waals surface area contributed by atoms with E-state index in [9.17, 15) is 0 Å². The van der Waals surface area contributed by atoms with Crippen LogP contribution in [-0.2, 0) is 0 Å². The summed E-state index contributed by atoms with van der Waals surface area (Å²) in [6, 6.07) is 0.410. The van der Waals surface area contributed by atoms with Gasteiger partial charge in [-0.15, -0.1) is 0 Å².